The Balaban J connectivity index is 1.97. The molecule has 1 aromatic rings. The molecule has 106 valence electrons. The number of nitrogens with one attached hydrogen (secondary N) is 1. The molecule has 0 amide bonds. The maximum atomic E-state index is 6.03. The number of rotatable bonds is 6. The number of hydrogen-bond acceptors (Lipinski definition) is 3. The van der Waals surface area contributed by atoms with Gasteiger partial charge in [-0.3, -0.25) is 0 Å². The first kappa shape index (κ1) is 14.2. The minimum Gasteiger partial charge on any atom is -0.497 e. The van der Waals surface area contributed by atoms with E-state index in [0.29, 0.717) is 0 Å². The Morgan fingerprint density at radius 1 is 1.21 bits per heavy atom. The van der Waals surface area contributed by atoms with Crippen LogP contribution in [-0.2, 0) is 6.54 Å². The van der Waals surface area contributed by atoms with Gasteiger partial charge in [0.2, 0.25) is 0 Å². The lowest BCUT2D eigenvalue weighted by Gasteiger charge is -2.22. The standard InChI is InChI=1S/C16H25NO2/c1-17-11-14-10-15(18-2)8-9-16(14)19-12-13-6-4-3-5-7-13/h8-10,13,17H,3-7,11-12H2,1-2H3. The van der Waals surface area contributed by atoms with Crippen LogP contribution in [0.2, 0.25) is 0 Å². The van der Waals surface area contributed by atoms with E-state index in [1.165, 1.54) is 32.1 Å². The maximum Gasteiger partial charge on any atom is 0.124 e. The first-order valence-electron chi connectivity index (χ1n) is 7.28. The zero-order chi connectivity index (χ0) is 13.5. The van der Waals surface area contributed by atoms with Gasteiger partial charge in [-0.1, -0.05) is 19.3 Å². The fraction of sp³-hybridized carbons (Fsp3) is 0.625. The van der Waals surface area contributed by atoms with Crippen molar-refractivity contribution >= 4 is 0 Å². The second-order valence-corrected chi connectivity index (χ2v) is 5.32. The molecule has 0 unspecified atom stereocenters. The minimum atomic E-state index is 0.735. The molecule has 1 aromatic carbocycles. The predicted molar refractivity (Wildman–Crippen MR) is 77.8 cm³/mol. The Morgan fingerprint density at radius 2 is 2.00 bits per heavy atom. The molecule has 1 aliphatic carbocycles. The Bertz CT molecular complexity index is 386. The fourth-order valence-electron chi connectivity index (χ4n) is 2.71. The van der Waals surface area contributed by atoms with Gasteiger partial charge >= 0.3 is 0 Å². The molecule has 0 radical (unpaired) electrons. The van der Waals surface area contributed by atoms with Crippen molar-refractivity contribution in [2.45, 2.75) is 38.6 Å². The first-order valence-corrected chi connectivity index (χ1v) is 7.28. The molecular formula is C16H25NO2. The van der Waals surface area contributed by atoms with Crippen LogP contribution >= 0.6 is 0 Å². The molecule has 3 nitrogen and oxygen atoms in total. The van der Waals surface area contributed by atoms with E-state index in [1.807, 2.05) is 25.2 Å². The number of ether oxygens (including phenoxy) is 2. The third kappa shape index (κ3) is 4.13. The normalized spacial score (nSPS) is 16.3. The summed E-state index contributed by atoms with van der Waals surface area (Å²) >= 11 is 0. The molecule has 0 saturated heterocycles. The molecule has 0 aliphatic heterocycles. The highest BCUT2D eigenvalue weighted by Crippen LogP contribution is 2.27. The monoisotopic (exact) mass is 263 g/mol. The molecule has 0 bridgehead atoms. The second-order valence-electron chi connectivity index (χ2n) is 5.32. The van der Waals surface area contributed by atoms with Crippen LogP contribution in [0.4, 0.5) is 0 Å². The zero-order valence-corrected chi connectivity index (χ0v) is 12.1. The molecule has 0 aromatic heterocycles. The second kappa shape index (κ2) is 7.39. The lowest BCUT2D eigenvalue weighted by molar-refractivity contribution is 0.207. The van der Waals surface area contributed by atoms with Gasteiger partial charge in [0.1, 0.15) is 11.5 Å². The van der Waals surface area contributed by atoms with E-state index in [1.54, 1.807) is 7.11 Å². The van der Waals surface area contributed by atoms with Crippen molar-refractivity contribution in [3.8, 4) is 11.5 Å². The Labute approximate surface area is 116 Å². The van der Waals surface area contributed by atoms with Crippen molar-refractivity contribution in [3.63, 3.8) is 0 Å². The van der Waals surface area contributed by atoms with Crippen LogP contribution in [0.1, 0.15) is 37.7 Å². The van der Waals surface area contributed by atoms with Gasteiger partial charge < -0.3 is 14.8 Å². The molecule has 0 spiro atoms. The highest BCUT2D eigenvalue weighted by molar-refractivity contribution is 5.40. The Kier molecular flexibility index (Phi) is 5.52. The lowest BCUT2D eigenvalue weighted by Crippen LogP contribution is -2.16. The fourth-order valence-corrected chi connectivity index (χ4v) is 2.71. The third-order valence-electron chi connectivity index (χ3n) is 3.83. The minimum absolute atomic E-state index is 0.735. The molecular weight excluding hydrogens is 238 g/mol. The highest BCUT2D eigenvalue weighted by atomic mass is 16.5. The van der Waals surface area contributed by atoms with Gasteiger partial charge in [-0.25, -0.2) is 0 Å². The zero-order valence-electron chi connectivity index (χ0n) is 12.1. The van der Waals surface area contributed by atoms with Crippen LogP contribution in [0.5, 0.6) is 11.5 Å². The van der Waals surface area contributed by atoms with Crippen molar-refractivity contribution in [2.24, 2.45) is 5.92 Å². The molecule has 0 heterocycles. The molecule has 3 heteroatoms. The van der Waals surface area contributed by atoms with E-state index < -0.39 is 0 Å². The van der Waals surface area contributed by atoms with Crippen molar-refractivity contribution in [2.75, 3.05) is 20.8 Å². The topological polar surface area (TPSA) is 30.5 Å². The summed E-state index contributed by atoms with van der Waals surface area (Å²) in [6.45, 7) is 1.65. The summed E-state index contributed by atoms with van der Waals surface area (Å²) < 4.78 is 11.3. The molecule has 1 aliphatic rings. The number of benzene rings is 1. The van der Waals surface area contributed by atoms with Crippen LogP contribution in [0.25, 0.3) is 0 Å². The van der Waals surface area contributed by atoms with E-state index in [9.17, 15) is 0 Å². The van der Waals surface area contributed by atoms with E-state index in [2.05, 4.69) is 5.32 Å². The van der Waals surface area contributed by atoms with Gasteiger partial charge in [-0.05, 0) is 44.0 Å². The molecule has 0 atom stereocenters. The molecule has 2 rings (SSSR count). The number of methoxy groups -OCH3 is 1. The largest absolute Gasteiger partial charge is 0.497 e. The van der Waals surface area contributed by atoms with E-state index in [-0.39, 0.29) is 0 Å². The average Bonchev–Trinajstić information content (AvgIpc) is 2.47. The third-order valence-corrected chi connectivity index (χ3v) is 3.83. The predicted octanol–water partition coefficient (Wildman–Crippen LogP) is 3.37. The van der Waals surface area contributed by atoms with Gasteiger partial charge in [0.15, 0.2) is 0 Å². The highest BCUT2D eigenvalue weighted by Gasteiger charge is 2.15. The average molecular weight is 263 g/mol. The number of hydrogen-bond donors (Lipinski definition) is 1. The summed E-state index contributed by atoms with van der Waals surface area (Å²) in [4.78, 5) is 0. The van der Waals surface area contributed by atoms with Crippen LogP contribution < -0.4 is 14.8 Å². The maximum absolute atomic E-state index is 6.03. The molecule has 19 heavy (non-hydrogen) atoms. The van der Waals surface area contributed by atoms with Gasteiger partial charge in [-0.15, -0.1) is 0 Å². The van der Waals surface area contributed by atoms with E-state index in [4.69, 9.17) is 9.47 Å². The van der Waals surface area contributed by atoms with Crippen LogP contribution in [0.15, 0.2) is 18.2 Å². The summed E-state index contributed by atoms with van der Waals surface area (Å²) in [6.07, 6.45) is 6.75. The van der Waals surface area contributed by atoms with Crippen molar-refractivity contribution in [1.82, 2.24) is 5.32 Å². The smallest absolute Gasteiger partial charge is 0.124 e. The Morgan fingerprint density at radius 3 is 2.68 bits per heavy atom. The van der Waals surface area contributed by atoms with Crippen molar-refractivity contribution < 1.29 is 9.47 Å². The van der Waals surface area contributed by atoms with Gasteiger partial charge in [0.05, 0.1) is 13.7 Å². The van der Waals surface area contributed by atoms with Gasteiger partial charge in [0.25, 0.3) is 0 Å². The van der Waals surface area contributed by atoms with E-state index >= 15 is 0 Å². The van der Waals surface area contributed by atoms with Crippen LogP contribution in [0, 0.1) is 5.92 Å². The van der Waals surface area contributed by atoms with E-state index in [0.717, 1.165) is 36.1 Å². The summed E-state index contributed by atoms with van der Waals surface area (Å²) in [5.41, 5.74) is 1.16. The summed E-state index contributed by atoms with van der Waals surface area (Å²) in [6, 6.07) is 6.04. The van der Waals surface area contributed by atoms with Crippen molar-refractivity contribution in [3.05, 3.63) is 23.8 Å². The molecule has 1 saturated carbocycles. The van der Waals surface area contributed by atoms with Crippen molar-refractivity contribution in [1.29, 1.82) is 0 Å². The summed E-state index contributed by atoms with van der Waals surface area (Å²) in [5, 5.41) is 3.18. The summed E-state index contributed by atoms with van der Waals surface area (Å²) in [5.74, 6) is 2.61. The Hall–Kier alpha value is -1.22. The SMILES string of the molecule is CNCc1cc(OC)ccc1OCC1CCCCC1. The first-order chi connectivity index (χ1) is 9.33. The molecule has 1 N–H and O–H groups in total. The van der Waals surface area contributed by atoms with Crippen LogP contribution in [0.3, 0.4) is 0 Å². The molecule has 1 fully saturated rings. The summed E-state index contributed by atoms with van der Waals surface area (Å²) in [7, 11) is 3.64. The lowest BCUT2D eigenvalue weighted by atomic mass is 9.90. The quantitative estimate of drug-likeness (QED) is 0.853. The van der Waals surface area contributed by atoms with Gasteiger partial charge in [0, 0.05) is 12.1 Å². The van der Waals surface area contributed by atoms with Gasteiger partial charge in [-0.2, -0.15) is 0 Å². The van der Waals surface area contributed by atoms with Crippen LogP contribution in [-0.4, -0.2) is 20.8 Å².